The fraction of sp³-hybridized carbons (Fsp3) is 0.167. The number of rotatable bonds is 5. The standard InChI is InChI=1S/C18H17N3O3S/c1-2-12-6-8-14(9-7-12)19-18-20-17(22)16(25-18)11-13-4-3-5-15(10-13)21(23)24/h3-11,18-19H,2H2,1H3,(H,20,22)/b16-11-/t18-/m1/s1. The summed E-state index contributed by atoms with van der Waals surface area (Å²) in [4.78, 5) is 23.0. The van der Waals surface area contributed by atoms with Gasteiger partial charge in [0, 0.05) is 17.8 Å². The van der Waals surface area contributed by atoms with E-state index in [1.54, 1.807) is 18.2 Å². The maximum Gasteiger partial charge on any atom is 0.270 e. The van der Waals surface area contributed by atoms with E-state index in [1.165, 1.54) is 29.5 Å². The molecule has 0 aromatic heterocycles. The molecule has 0 bridgehead atoms. The van der Waals surface area contributed by atoms with E-state index in [1.807, 2.05) is 24.3 Å². The molecule has 25 heavy (non-hydrogen) atoms. The third-order valence-corrected chi connectivity index (χ3v) is 4.80. The van der Waals surface area contributed by atoms with E-state index >= 15 is 0 Å². The van der Waals surface area contributed by atoms with Gasteiger partial charge >= 0.3 is 0 Å². The number of nitro benzene ring substituents is 1. The second kappa shape index (κ2) is 7.40. The predicted molar refractivity (Wildman–Crippen MR) is 100 cm³/mol. The molecule has 3 rings (SSSR count). The third kappa shape index (κ3) is 4.19. The van der Waals surface area contributed by atoms with Crippen molar-refractivity contribution in [2.75, 3.05) is 5.32 Å². The van der Waals surface area contributed by atoms with Crippen molar-refractivity contribution in [2.45, 2.75) is 18.8 Å². The van der Waals surface area contributed by atoms with Gasteiger partial charge in [-0.2, -0.15) is 0 Å². The van der Waals surface area contributed by atoms with Crippen LogP contribution in [0.15, 0.2) is 53.4 Å². The summed E-state index contributed by atoms with van der Waals surface area (Å²) in [5, 5.41) is 16.9. The Morgan fingerprint density at radius 2 is 2.04 bits per heavy atom. The highest BCUT2D eigenvalue weighted by atomic mass is 32.2. The van der Waals surface area contributed by atoms with Gasteiger partial charge in [0.25, 0.3) is 11.6 Å². The molecular weight excluding hydrogens is 338 g/mol. The van der Waals surface area contributed by atoms with Crippen LogP contribution in [0.4, 0.5) is 11.4 Å². The largest absolute Gasteiger partial charge is 0.357 e. The van der Waals surface area contributed by atoms with Gasteiger partial charge < -0.3 is 10.6 Å². The summed E-state index contributed by atoms with van der Waals surface area (Å²) in [6.07, 6.45) is 2.64. The number of anilines is 1. The van der Waals surface area contributed by atoms with E-state index in [0.29, 0.717) is 10.5 Å². The first-order valence-electron chi connectivity index (χ1n) is 7.84. The number of non-ortho nitro benzene ring substituents is 1. The molecule has 2 aromatic rings. The van der Waals surface area contributed by atoms with Crippen LogP contribution in [0.3, 0.4) is 0 Å². The molecule has 1 amide bonds. The van der Waals surface area contributed by atoms with Gasteiger partial charge in [-0.25, -0.2) is 0 Å². The number of nitrogens with one attached hydrogen (secondary N) is 2. The van der Waals surface area contributed by atoms with E-state index in [0.717, 1.165) is 12.1 Å². The summed E-state index contributed by atoms with van der Waals surface area (Å²) >= 11 is 1.35. The van der Waals surface area contributed by atoms with Gasteiger partial charge in [-0.05, 0) is 35.8 Å². The van der Waals surface area contributed by atoms with Crippen LogP contribution in [-0.2, 0) is 11.2 Å². The Morgan fingerprint density at radius 3 is 2.72 bits per heavy atom. The van der Waals surface area contributed by atoms with Gasteiger partial charge in [0.15, 0.2) is 5.50 Å². The van der Waals surface area contributed by atoms with Crippen molar-refractivity contribution in [3.63, 3.8) is 0 Å². The van der Waals surface area contributed by atoms with Crippen LogP contribution < -0.4 is 10.6 Å². The average molecular weight is 355 g/mol. The summed E-state index contributed by atoms with van der Waals surface area (Å²) in [6, 6.07) is 14.3. The highest BCUT2D eigenvalue weighted by Crippen LogP contribution is 2.30. The lowest BCUT2D eigenvalue weighted by Gasteiger charge is -2.12. The highest BCUT2D eigenvalue weighted by molar-refractivity contribution is 8.05. The van der Waals surface area contributed by atoms with Crippen molar-refractivity contribution in [3.05, 3.63) is 74.7 Å². The number of hydrogen-bond donors (Lipinski definition) is 2. The summed E-state index contributed by atoms with van der Waals surface area (Å²) in [5.74, 6) is -0.195. The van der Waals surface area contributed by atoms with Crippen LogP contribution >= 0.6 is 11.8 Å². The molecule has 1 heterocycles. The van der Waals surface area contributed by atoms with Gasteiger partial charge in [-0.15, -0.1) is 0 Å². The Hall–Kier alpha value is -2.80. The molecule has 0 saturated carbocycles. The molecule has 1 aliphatic rings. The zero-order valence-corrected chi connectivity index (χ0v) is 14.4. The zero-order valence-electron chi connectivity index (χ0n) is 13.6. The van der Waals surface area contributed by atoms with E-state index < -0.39 is 4.92 Å². The zero-order chi connectivity index (χ0) is 17.8. The van der Waals surface area contributed by atoms with Gasteiger partial charge in [0.1, 0.15) is 0 Å². The Morgan fingerprint density at radius 1 is 1.28 bits per heavy atom. The molecule has 0 spiro atoms. The van der Waals surface area contributed by atoms with Gasteiger partial charge in [0.2, 0.25) is 0 Å². The van der Waals surface area contributed by atoms with E-state index in [2.05, 4.69) is 17.6 Å². The highest BCUT2D eigenvalue weighted by Gasteiger charge is 2.27. The molecular formula is C18H17N3O3S. The normalized spacial score (nSPS) is 18.2. The van der Waals surface area contributed by atoms with Crippen molar-refractivity contribution in [3.8, 4) is 0 Å². The number of nitro groups is 1. The fourth-order valence-electron chi connectivity index (χ4n) is 2.43. The molecule has 6 nitrogen and oxygen atoms in total. The maximum atomic E-state index is 12.1. The first kappa shape index (κ1) is 17.0. The molecule has 0 aliphatic carbocycles. The summed E-state index contributed by atoms with van der Waals surface area (Å²) < 4.78 is 0. The molecule has 1 fully saturated rings. The molecule has 7 heteroatoms. The quantitative estimate of drug-likeness (QED) is 0.485. The molecule has 128 valence electrons. The molecule has 1 aliphatic heterocycles. The Kier molecular flexibility index (Phi) is 5.04. The monoisotopic (exact) mass is 355 g/mol. The number of hydrogen-bond acceptors (Lipinski definition) is 5. The van der Waals surface area contributed by atoms with Crippen molar-refractivity contribution in [1.29, 1.82) is 0 Å². The lowest BCUT2D eigenvalue weighted by atomic mass is 10.1. The second-order valence-electron chi connectivity index (χ2n) is 5.53. The number of carbonyl (C=O) groups excluding carboxylic acids is 1. The van der Waals surface area contributed by atoms with Crippen LogP contribution in [0.1, 0.15) is 18.1 Å². The second-order valence-corrected chi connectivity index (χ2v) is 6.67. The molecule has 0 unspecified atom stereocenters. The summed E-state index contributed by atoms with van der Waals surface area (Å²) in [6.45, 7) is 2.10. The van der Waals surface area contributed by atoms with Crippen molar-refractivity contribution < 1.29 is 9.72 Å². The number of carbonyl (C=O) groups is 1. The van der Waals surface area contributed by atoms with E-state index in [-0.39, 0.29) is 17.1 Å². The topological polar surface area (TPSA) is 84.3 Å². The smallest absolute Gasteiger partial charge is 0.270 e. The maximum absolute atomic E-state index is 12.1. The first-order valence-corrected chi connectivity index (χ1v) is 8.72. The van der Waals surface area contributed by atoms with Crippen molar-refractivity contribution in [2.24, 2.45) is 0 Å². The lowest BCUT2D eigenvalue weighted by molar-refractivity contribution is -0.384. The summed E-state index contributed by atoms with van der Waals surface area (Å²) in [5.41, 5.74) is 2.53. The van der Waals surface area contributed by atoms with Crippen LogP contribution in [-0.4, -0.2) is 16.3 Å². The third-order valence-electron chi connectivity index (χ3n) is 3.77. The number of amides is 1. The Bertz CT molecular complexity index is 834. The fourth-order valence-corrected chi connectivity index (χ4v) is 3.42. The van der Waals surface area contributed by atoms with E-state index in [4.69, 9.17) is 0 Å². The van der Waals surface area contributed by atoms with Gasteiger partial charge in [-0.1, -0.05) is 43.0 Å². The predicted octanol–water partition coefficient (Wildman–Crippen LogP) is 3.76. The SMILES string of the molecule is CCc1ccc(N[C@@H]2NC(=O)/C(=C/c3cccc([N+](=O)[O-])c3)S2)cc1. The number of benzene rings is 2. The lowest BCUT2D eigenvalue weighted by Crippen LogP contribution is -2.30. The first-order chi connectivity index (χ1) is 12.0. The minimum Gasteiger partial charge on any atom is -0.357 e. The molecule has 2 aromatic carbocycles. The van der Waals surface area contributed by atoms with Gasteiger partial charge in [0.05, 0.1) is 9.83 Å². The number of aryl methyl sites for hydroxylation is 1. The van der Waals surface area contributed by atoms with E-state index in [9.17, 15) is 14.9 Å². The molecule has 2 N–H and O–H groups in total. The number of thioether (sulfide) groups is 1. The van der Waals surface area contributed by atoms with Crippen LogP contribution in [0.25, 0.3) is 6.08 Å². The van der Waals surface area contributed by atoms with Gasteiger partial charge in [-0.3, -0.25) is 14.9 Å². The minimum atomic E-state index is -0.450. The Balaban J connectivity index is 1.71. The van der Waals surface area contributed by atoms with Crippen LogP contribution in [0.5, 0.6) is 0 Å². The average Bonchev–Trinajstić information content (AvgIpc) is 2.95. The van der Waals surface area contributed by atoms with Crippen LogP contribution in [0, 0.1) is 10.1 Å². The molecule has 0 radical (unpaired) electrons. The van der Waals surface area contributed by atoms with Crippen molar-refractivity contribution >= 4 is 35.1 Å². The molecule has 1 atom stereocenters. The Labute approximate surface area is 149 Å². The summed E-state index contributed by atoms with van der Waals surface area (Å²) in [7, 11) is 0. The molecule has 1 saturated heterocycles. The minimum absolute atomic E-state index is 0.00319. The number of nitrogens with zero attached hydrogens (tertiary/aromatic N) is 1. The van der Waals surface area contributed by atoms with Crippen LogP contribution in [0.2, 0.25) is 0 Å². The van der Waals surface area contributed by atoms with Crippen molar-refractivity contribution in [1.82, 2.24) is 5.32 Å².